The number of amides is 1. The van der Waals surface area contributed by atoms with Crippen LogP contribution in [0.2, 0.25) is 5.02 Å². The first-order chi connectivity index (χ1) is 11.0. The van der Waals surface area contributed by atoms with Crippen molar-refractivity contribution in [1.82, 2.24) is 5.32 Å². The molecule has 0 unspecified atom stereocenters. The number of unbranched alkanes of at least 4 members (excludes halogenated alkanes) is 2. The molecule has 0 saturated carbocycles. The zero-order chi connectivity index (χ0) is 17.1. The minimum atomic E-state index is -0.822. The molecule has 1 aromatic rings. The van der Waals surface area contributed by atoms with E-state index in [2.05, 4.69) is 10.6 Å². The fourth-order valence-corrected chi connectivity index (χ4v) is 1.85. The Balaban J connectivity index is 2.36. The standard InChI is InChI=1S/C16H18ClN3O3/c17-13-5-7-14(8-6-13)20-11-12(10-18)16(23)19-9-3-1-2-4-15(21)22/h5-8,11,20H,1-4,9H2,(H,19,23)(H,21,22)/b12-11-. The van der Waals surface area contributed by atoms with Crippen molar-refractivity contribution in [2.75, 3.05) is 11.9 Å². The van der Waals surface area contributed by atoms with Crippen molar-refractivity contribution in [2.45, 2.75) is 25.7 Å². The first kappa shape index (κ1) is 18.5. The van der Waals surface area contributed by atoms with Gasteiger partial charge in [0, 0.05) is 29.9 Å². The molecule has 1 rings (SSSR count). The van der Waals surface area contributed by atoms with Gasteiger partial charge < -0.3 is 15.7 Å². The first-order valence-electron chi connectivity index (χ1n) is 7.15. The number of benzene rings is 1. The molecule has 0 atom stereocenters. The minimum Gasteiger partial charge on any atom is -0.481 e. The molecule has 122 valence electrons. The summed E-state index contributed by atoms with van der Waals surface area (Å²) in [5.74, 6) is -1.29. The van der Waals surface area contributed by atoms with Gasteiger partial charge in [-0.3, -0.25) is 9.59 Å². The number of nitrogens with zero attached hydrogens (tertiary/aromatic N) is 1. The maximum Gasteiger partial charge on any atom is 0.303 e. The third-order valence-corrected chi connectivity index (χ3v) is 3.20. The molecule has 7 heteroatoms. The molecule has 0 fully saturated rings. The number of carbonyl (C=O) groups is 2. The number of hydrogen-bond acceptors (Lipinski definition) is 4. The summed E-state index contributed by atoms with van der Waals surface area (Å²) < 4.78 is 0. The van der Waals surface area contributed by atoms with Gasteiger partial charge >= 0.3 is 5.97 Å². The molecule has 0 heterocycles. The highest BCUT2D eigenvalue weighted by atomic mass is 35.5. The van der Waals surface area contributed by atoms with Gasteiger partial charge in [0.1, 0.15) is 11.6 Å². The lowest BCUT2D eigenvalue weighted by Crippen LogP contribution is -2.26. The molecule has 0 spiro atoms. The smallest absolute Gasteiger partial charge is 0.303 e. The average Bonchev–Trinajstić information content (AvgIpc) is 2.52. The monoisotopic (exact) mass is 335 g/mol. The van der Waals surface area contributed by atoms with E-state index in [1.165, 1.54) is 6.20 Å². The molecule has 0 radical (unpaired) electrons. The molecule has 0 aliphatic rings. The zero-order valence-electron chi connectivity index (χ0n) is 12.5. The number of carbonyl (C=O) groups excluding carboxylic acids is 1. The van der Waals surface area contributed by atoms with E-state index in [-0.39, 0.29) is 12.0 Å². The predicted molar refractivity (Wildman–Crippen MR) is 87.9 cm³/mol. The Kier molecular flexibility index (Phi) is 8.25. The Hall–Kier alpha value is -2.52. The second-order valence-corrected chi connectivity index (χ2v) is 5.22. The van der Waals surface area contributed by atoms with E-state index in [1.54, 1.807) is 24.3 Å². The fourth-order valence-electron chi connectivity index (χ4n) is 1.73. The van der Waals surface area contributed by atoms with Crippen LogP contribution in [0.15, 0.2) is 36.0 Å². The lowest BCUT2D eigenvalue weighted by Gasteiger charge is -2.05. The number of halogens is 1. The van der Waals surface area contributed by atoms with Crippen molar-refractivity contribution in [1.29, 1.82) is 5.26 Å². The van der Waals surface area contributed by atoms with E-state index < -0.39 is 11.9 Å². The molecule has 1 amide bonds. The van der Waals surface area contributed by atoms with Gasteiger partial charge in [-0.1, -0.05) is 18.0 Å². The third-order valence-electron chi connectivity index (χ3n) is 2.95. The summed E-state index contributed by atoms with van der Waals surface area (Å²) in [5, 5.41) is 23.6. The van der Waals surface area contributed by atoms with Crippen LogP contribution in [0.5, 0.6) is 0 Å². The SMILES string of the molecule is N#C/C(=C/Nc1ccc(Cl)cc1)C(=O)NCCCCCC(=O)O. The Morgan fingerprint density at radius 2 is 1.91 bits per heavy atom. The van der Waals surface area contributed by atoms with Gasteiger partial charge in [0.25, 0.3) is 5.91 Å². The van der Waals surface area contributed by atoms with E-state index in [9.17, 15) is 9.59 Å². The summed E-state index contributed by atoms with van der Waals surface area (Å²) >= 11 is 5.77. The maximum atomic E-state index is 11.8. The van der Waals surface area contributed by atoms with Crippen LogP contribution in [0.3, 0.4) is 0 Å². The Morgan fingerprint density at radius 3 is 2.52 bits per heavy atom. The van der Waals surface area contributed by atoms with Crippen LogP contribution in [-0.4, -0.2) is 23.5 Å². The van der Waals surface area contributed by atoms with E-state index >= 15 is 0 Å². The Bertz CT molecular complexity index is 606. The van der Waals surface area contributed by atoms with Gasteiger partial charge in [-0.05, 0) is 37.1 Å². The average molecular weight is 336 g/mol. The summed E-state index contributed by atoms with van der Waals surface area (Å²) in [7, 11) is 0. The zero-order valence-corrected chi connectivity index (χ0v) is 13.3. The minimum absolute atomic E-state index is 0.0366. The van der Waals surface area contributed by atoms with Crippen molar-refractivity contribution in [2.24, 2.45) is 0 Å². The van der Waals surface area contributed by atoms with Gasteiger partial charge in [0.05, 0.1) is 0 Å². The molecular weight excluding hydrogens is 318 g/mol. The number of nitriles is 1. The quantitative estimate of drug-likeness (QED) is 0.366. The van der Waals surface area contributed by atoms with Crippen LogP contribution >= 0.6 is 11.6 Å². The number of rotatable bonds is 9. The number of carboxylic acids is 1. The van der Waals surface area contributed by atoms with Crippen LogP contribution < -0.4 is 10.6 Å². The van der Waals surface area contributed by atoms with E-state index in [1.807, 2.05) is 6.07 Å². The van der Waals surface area contributed by atoms with Crippen LogP contribution in [0.4, 0.5) is 5.69 Å². The lowest BCUT2D eigenvalue weighted by molar-refractivity contribution is -0.137. The highest BCUT2D eigenvalue weighted by Crippen LogP contribution is 2.13. The fraction of sp³-hybridized carbons (Fsp3) is 0.312. The molecule has 0 aliphatic carbocycles. The van der Waals surface area contributed by atoms with Crippen molar-refractivity contribution >= 4 is 29.2 Å². The molecule has 0 aliphatic heterocycles. The van der Waals surface area contributed by atoms with Crippen LogP contribution in [-0.2, 0) is 9.59 Å². The molecular formula is C16H18ClN3O3. The van der Waals surface area contributed by atoms with Crippen molar-refractivity contribution in [3.63, 3.8) is 0 Å². The normalized spacial score (nSPS) is 10.7. The second kappa shape index (κ2) is 10.2. The van der Waals surface area contributed by atoms with E-state index in [4.69, 9.17) is 22.0 Å². The number of aliphatic carboxylic acids is 1. The number of anilines is 1. The molecule has 0 bridgehead atoms. The first-order valence-corrected chi connectivity index (χ1v) is 7.53. The van der Waals surface area contributed by atoms with Gasteiger partial charge in [0.15, 0.2) is 0 Å². The van der Waals surface area contributed by atoms with Gasteiger partial charge in [-0.15, -0.1) is 0 Å². The number of hydrogen-bond donors (Lipinski definition) is 3. The number of nitrogens with one attached hydrogen (secondary N) is 2. The summed E-state index contributed by atoms with van der Waals surface area (Å²) in [6.45, 7) is 0.401. The van der Waals surface area contributed by atoms with Crippen molar-refractivity contribution < 1.29 is 14.7 Å². The summed E-state index contributed by atoms with van der Waals surface area (Å²) in [5.41, 5.74) is 0.675. The van der Waals surface area contributed by atoms with Crippen molar-refractivity contribution in [3.8, 4) is 6.07 Å². The molecule has 0 aromatic heterocycles. The molecule has 6 nitrogen and oxygen atoms in total. The van der Waals surface area contributed by atoms with Gasteiger partial charge in [0.2, 0.25) is 0 Å². The predicted octanol–water partition coefficient (Wildman–Crippen LogP) is 2.92. The van der Waals surface area contributed by atoms with Gasteiger partial charge in [-0.2, -0.15) is 5.26 Å². The van der Waals surface area contributed by atoms with Crippen LogP contribution in [0.25, 0.3) is 0 Å². The van der Waals surface area contributed by atoms with Gasteiger partial charge in [-0.25, -0.2) is 0 Å². The highest BCUT2D eigenvalue weighted by Gasteiger charge is 2.07. The van der Waals surface area contributed by atoms with E-state index in [0.717, 1.165) is 0 Å². The van der Waals surface area contributed by atoms with Crippen molar-refractivity contribution in [3.05, 3.63) is 41.1 Å². The molecule has 23 heavy (non-hydrogen) atoms. The number of carboxylic acid groups (broad SMARTS) is 1. The molecule has 0 saturated heterocycles. The Morgan fingerprint density at radius 1 is 1.22 bits per heavy atom. The molecule has 1 aromatic carbocycles. The second-order valence-electron chi connectivity index (χ2n) is 4.78. The largest absolute Gasteiger partial charge is 0.481 e. The molecule has 3 N–H and O–H groups in total. The third kappa shape index (κ3) is 7.88. The topological polar surface area (TPSA) is 102 Å². The van der Waals surface area contributed by atoms with Crippen LogP contribution in [0, 0.1) is 11.3 Å². The maximum absolute atomic E-state index is 11.8. The summed E-state index contributed by atoms with van der Waals surface area (Å²) in [6.07, 6.45) is 3.42. The Labute approximate surface area is 139 Å². The summed E-state index contributed by atoms with van der Waals surface area (Å²) in [6, 6.07) is 8.68. The lowest BCUT2D eigenvalue weighted by atomic mass is 10.2. The highest BCUT2D eigenvalue weighted by molar-refractivity contribution is 6.30. The van der Waals surface area contributed by atoms with E-state index in [0.29, 0.717) is 36.5 Å². The summed E-state index contributed by atoms with van der Waals surface area (Å²) in [4.78, 5) is 22.2. The van der Waals surface area contributed by atoms with Crippen LogP contribution in [0.1, 0.15) is 25.7 Å².